The maximum Gasteiger partial charge on any atom is 0.341 e. The summed E-state index contributed by atoms with van der Waals surface area (Å²) in [5.41, 5.74) is 3.72. The second-order valence-corrected chi connectivity index (χ2v) is 8.16. The van der Waals surface area contributed by atoms with Crippen molar-refractivity contribution >= 4 is 22.6 Å². The number of likely N-dealkylation sites (N-methyl/N-ethyl adjacent to an activating group) is 1. The molecule has 7 heteroatoms. The van der Waals surface area contributed by atoms with Gasteiger partial charge in [-0.05, 0) is 42.8 Å². The first kappa shape index (κ1) is 17.4. The molecule has 1 aromatic heterocycles. The minimum atomic E-state index is -1.28. The van der Waals surface area contributed by atoms with Crippen LogP contribution in [0.1, 0.15) is 29.2 Å². The number of aromatic carboxylic acids is 1. The molecule has 0 amide bonds. The lowest BCUT2D eigenvalue weighted by atomic mass is 10.0. The number of halogens is 1. The van der Waals surface area contributed by atoms with Gasteiger partial charge in [-0.25, -0.2) is 9.18 Å². The number of benzene rings is 1. The van der Waals surface area contributed by atoms with Gasteiger partial charge >= 0.3 is 5.97 Å². The third-order valence-electron chi connectivity index (χ3n) is 6.17. The Kier molecular flexibility index (Phi) is 3.84. The first-order valence-electron chi connectivity index (χ1n) is 9.62. The fourth-order valence-electron chi connectivity index (χ4n) is 4.47. The molecule has 3 heterocycles. The molecule has 28 heavy (non-hydrogen) atoms. The molecule has 0 saturated heterocycles. The van der Waals surface area contributed by atoms with Gasteiger partial charge in [0.15, 0.2) is 0 Å². The fraction of sp³-hybridized carbons (Fsp3) is 0.429. The molecule has 5 rings (SSSR count). The highest BCUT2D eigenvalue weighted by atomic mass is 19.1. The van der Waals surface area contributed by atoms with Gasteiger partial charge < -0.3 is 19.5 Å². The van der Waals surface area contributed by atoms with Crippen LogP contribution in [0, 0.1) is 0 Å². The van der Waals surface area contributed by atoms with Gasteiger partial charge in [0.25, 0.3) is 0 Å². The molecule has 2 aliphatic heterocycles. The molecule has 0 spiro atoms. The number of pyridine rings is 1. The summed E-state index contributed by atoms with van der Waals surface area (Å²) >= 11 is 0. The number of fused-ring (bicyclic) bond motifs is 1. The van der Waals surface area contributed by atoms with Gasteiger partial charge in [0.2, 0.25) is 5.43 Å². The summed E-state index contributed by atoms with van der Waals surface area (Å²) in [6.07, 6.45) is 1.75. The Labute approximate surface area is 161 Å². The van der Waals surface area contributed by atoms with Crippen LogP contribution in [0.5, 0.6) is 0 Å². The lowest BCUT2D eigenvalue weighted by molar-refractivity contribution is 0.0694. The van der Waals surface area contributed by atoms with E-state index in [2.05, 4.69) is 16.8 Å². The summed E-state index contributed by atoms with van der Waals surface area (Å²) in [6, 6.07) is 5.08. The molecule has 0 unspecified atom stereocenters. The number of carboxylic acids is 1. The molecule has 2 aromatic rings. The fourth-order valence-corrected chi connectivity index (χ4v) is 4.47. The summed E-state index contributed by atoms with van der Waals surface area (Å²) in [7, 11) is 2.13. The smallest absolute Gasteiger partial charge is 0.341 e. The number of carbonyl (C=O) groups is 1. The molecule has 146 valence electrons. The number of nitrogens with zero attached hydrogens (tertiary/aromatic N) is 3. The molecular weight excluding hydrogens is 361 g/mol. The van der Waals surface area contributed by atoms with Crippen LogP contribution >= 0.6 is 0 Å². The molecule has 1 fully saturated rings. The summed E-state index contributed by atoms with van der Waals surface area (Å²) in [5.74, 6) is -1.28. The number of hydrogen-bond donors (Lipinski definition) is 1. The highest BCUT2D eigenvalue weighted by Gasteiger charge is 2.40. The van der Waals surface area contributed by atoms with Crippen molar-refractivity contribution in [3.05, 3.63) is 51.3 Å². The Morgan fingerprint density at radius 2 is 1.96 bits per heavy atom. The van der Waals surface area contributed by atoms with E-state index < -0.39 is 23.6 Å². The average molecular weight is 383 g/mol. The van der Waals surface area contributed by atoms with E-state index in [1.165, 1.54) is 17.3 Å². The van der Waals surface area contributed by atoms with E-state index in [4.69, 9.17) is 0 Å². The van der Waals surface area contributed by atoms with Crippen LogP contribution in [0.25, 0.3) is 10.9 Å². The van der Waals surface area contributed by atoms with Crippen molar-refractivity contribution in [1.82, 2.24) is 9.47 Å². The zero-order valence-electron chi connectivity index (χ0n) is 15.7. The van der Waals surface area contributed by atoms with Gasteiger partial charge in [0, 0.05) is 49.9 Å². The first-order valence-corrected chi connectivity index (χ1v) is 9.62. The van der Waals surface area contributed by atoms with Crippen molar-refractivity contribution in [2.75, 3.05) is 38.1 Å². The quantitative estimate of drug-likeness (QED) is 0.825. The van der Waals surface area contributed by atoms with Crippen molar-refractivity contribution in [1.29, 1.82) is 0 Å². The maximum atomic E-state index is 13.8. The molecule has 0 radical (unpaired) electrons. The average Bonchev–Trinajstić information content (AvgIpc) is 3.23. The van der Waals surface area contributed by atoms with Crippen LogP contribution < -0.4 is 10.3 Å². The SMILES string of the molecule is CN1CCC2=C(C1)CN(c1ccc3c(=O)c(C(=O)O)cn([C@@H]4C[C@@H]4F)c3c1)C2. The highest BCUT2D eigenvalue weighted by molar-refractivity contribution is 5.93. The van der Waals surface area contributed by atoms with E-state index >= 15 is 0 Å². The van der Waals surface area contributed by atoms with Gasteiger partial charge in [-0.1, -0.05) is 0 Å². The van der Waals surface area contributed by atoms with Crippen molar-refractivity contribution < 1.29 is 14.3 Å². The van der Waals surface area contributed by atoms with E-state index in [0.29, 0.717) is 17.3 Å². The van der Waals surface area contributed by atoms with Gasteiger partial charge in [-0.15, -0.1) is 0 Å². The predicted octanol–water partition coefficient (Wildman–Crippen LogP) is 2.43. The monoisotopic (exact) mass is 383 g/mol. The largest absolute Gasteiger partial charge is 0.477 e. The summed E-state index contributed by atoms with van der Waals surface area (Å²) in [6.45, 7) is 3.79. The predicted molar refractivity (Wildman–Crippen MR) is 105 cm³/mol. The molecule has 3 aliphatic rings. The third-order valence-corrected chi connectivity index (χ3v) is 6.17. The Bertz CT molecular complexity index is 1090. The van der Waals surface area contributed by atoms with Crippen LogP contribution in [0.3, 0.4) is 0 Å². The van der Waals surface area contributed by atoms with E-state index in [-0.39, 0.29) is 5.56 Å². The zero-order chi connectivity index (χ0) is 19.6. The van der Waals surface area contributed by atoms with Crippen LogP contribution in [0.15, 0.2) is 40.3 Å². The lowest BCUT2D eigenvalue weighted by Crippen LogP contribution is -2.27. The Morgan fingerprint density at radius 1 is 1.21 bits per heavy atom. The summed E-state index contributed by atoms with van der Waals surface area (Å²) in [5, 5.41) is 9.69. The van der Waals surface area contributed by atoms with E-state index in [9.17, 15) is 19.1 Å². The number of carboxylic acid groups (broad SMARTS) is 1. The van der Waals surface area contributed by atoms with Gasteiger partial charge in [0.05, 0.1) is 11.6 Å². The van der Waals surface area contributed by atoms with Crippen LogP contribution in [0.2, 0.25) is 0 Å². The number of aromatic nitrogens is 1. The number of rotatable bonds is 3. The normalized spacial score (nSPS) is 24.7. The molecule has 1 aromatic carbocycles. The van der Waals surface area contributed by atoms with E-state index in [1.54, 1.807) is 10.6 Å². The molecule has 0 bridgehead atoms. The number of anilines is 1. The van der Waals surface area contributed by atoms with Crippen molar-refractivity contribution in [3.8, 4) is 0 Å². The number of hydrogen-bond acceptors (Lipinski definition) is 4. The Hall–Kier alpha value is -2.67. The highest BCUT2D eigenvalue weighted by Crippen LogP contribution is 2.41. The van der Waals surface area contributed by atoms with Gasteiger partial charge in [-0.2, -0.15) is 0 Å². The van der Waals surface area contributed by atoms with Gasteiger partial charge in [-0.3, -0.25) is 4.79 Å². The topological polar surface area (TPSA) is 65.8 Å². The molecule has 1 N–H and O–H groups in total. The minimum Gasteiger partial charge on any atom is -0.477 e. The Balaban J connectivity index is 1.57. The minimum absolute atomic E-state index is 0.305. The number of alkyl halides is 1. The molecular formula is C21H22FN3O3. The van der Waals surface area contributed by atoms with Crippen LogP contribution in [0.4, 0.5) is 10.1 Å². The van der Waals surface area contributed by atoms with Crippen molar-refractivity contribution in [2.24, 2.45) is 0 Å². The molecule has 1 aliphatic carbocycles. The van der Waals surface area contributed by atoms with Crippen LogP contribution in [-0.2, 0) is 0 Å². The first-order chi connectivity index (χ1) is 13.4. The maximum absolute atomic E-state index is 13.8. The summed E-state index contributed by atoms with van der Waals surface area (Å²) < 4.78 is 15.4. The third kappa shape index (κ3) is 2.73. The molecule has 1 saturated carbocycles. The van der Waals surface area contributed by atoms with E-state index in [0.717, 1.165) is 38.3 Å². The summed E-state index contributed by atoms with van der Waals surface area (Å²) in [4.78, 5) is 28.7. The second-order valence-electron chi connectivity index (χ2n) is 8.16. The molecule has 2 atom stereocenters. The molecule has 6 nitrogen and oxygen atoms in total. The lowest BCUT2D eigenvalue weighted by Gasteiger charge is -2.23. The standard InChI is InChI=1S/C21H22FN3O3/c1-23-5-4-12-9-24(10-13(12)8-23)14-2-3-15-18(6-14)25(19-7-17(19)22)11-16(20(15)26)21(27)28/h2-3,6,11,17,19H,4-5,7-10H2,1H3,(H,27,28)/t17-,19+/m0/s1. The zero-order valence-corrected chi connectivity index (χ0v) is 15.7. The van der Waals surface area contributed by atoms with Crippen molar-refractivity contribution in [2.45, 2.75) is 25.1 Å². The van der Waals surface area contributed by atoms with Crippen molar-refractivity contribution in [3.63, 3.8) is 0 Å². The van der Waals surface area contributed by atoms with Crippen LogP contribution in [-0.4, -0.2) is 59.9 Å². The van der Waals surface area contributed by atoms with Gasteiger partial charge in [0.1, 0.15) is 11.7 Å². The second kappa shape index (κ2) is 6.17. The van der Waals surface area contributed by atoms with E-state index in [1.807, 2.05) is 12.1 Å². The Morgan fingerprint density at radius 3 is 2.68 bits per heavy atom.